The molecule has 0 saturated heterocycles. The minimum absolute atomic E-state index is 0.192. The van der Waals surface area contributed by atoms with Gasteiger partial charge in [-0.2, -0.15) is 0 Å². The highest BCUT2D eigenvalue weighted by Crippen LogP contribution is 2.20. The Morgan fingerprint density at radius 2 is 2.05 bits per heavy atom. The molecule has 0 bridgehead atoms. The van der Waals surface area contributed by atoms with Gasteiger partial charge < -0.3 is 15.4 Å². The molecule has 3 rings (SSSR count). The molecular formula is C15H16N5O2-. The summed E-state index contributed by atoms with van der Waals surface area (Å²) in [5.41, 5.74) is 2.24. The topological polar surface area (TPSA) is 95.2 Å². The van der Waals surface area contributed by atoms with Gasteiger partial charge in [0.1, 0.15) is 0 Å². The highest BCUT2D eigenvalue weighted by atomic mass is 16.3. The van der Waals surface area contributed by atoms with Gasteiger partial charge >= 0.3 is 0 Å². The Morgan fingerprint density at radius 1 is 1.36 bits per heavy atom. The maximum atomic E-state index is 12.1. The molecule has 2 aromatic rings. The van der Waals surface area contributed by atoms with Crippen molar-refractivity contribution in [3.05, 3.63) is 41.2 Å². The van der Waals surface area contributed by atoms with Gasteiger partial charge in [0, 0.05) is 13.1 Å². The van der Waals surface area contributed by atoms with Crippen LogP contribution in [0.5, 0.6) is 0 Å². The zero-order chi connectivity index (χ0) is 15.7. The van der Waals surface area contributed by atoms with Crippen molar-refractivity contribution in [3.63, 3.8) is 0 Å². The number of hydrogen-bond acceptors (Lipinski definition) is 5. The fraction of sp³-hybridized carbons (Fsp3) is 0.333. The quantitative estimate of drug-likeness (QED) is 0.644. The van der Waals surface area contributed by atoms with Crippen LogP contribution in [0.1, 0.15) is 34.6 Å². The lowest BCUT2D eigenvalue weighted by molar-refractivity contribution is -0.213. The van der Waals surface area contributed by atoms with Crippen LogP contribution in [0.2, 0.25) is 0 Å². The number of hydrogen-bond donors (Lipinski definition) is 1. The third kappa shape index (κ3) is 2.69. The highest BCUT2D eigenvalue weighted by Gasteiger charge is 2.26. The van der Waals surface area contributed by atoms with Crippen LogP contribution in [-0.4, -0.2) is 39.9 Å². The standard InChI is InChI=1S/C15H17N5O2/c1-9-13(15(22)17-11-5-6-11)18-19-20(9)12-7-3-10(4-8-12)14(21)16-2/h3-4,7-8,11H,5-6H2,1-2H3,(H,16,21)(H,17,22)/p-1. The summed E-state index contributed by atoms with van der Waals surface area (Å²) >= 11 is 0. The molecule has 1 aliphatic rings. The summed E-state index contributed by atoms with van der Waals surface area (Å²) in [5.74, 6) is -0.464. The molecule has 1 aromatic heterocycles. The number of benzene rings is 1. The van der Waals surface area contributed by atoms with E-state index in [2.05, 4.69) is 20.6 Å². The van der Waals surface area contributed by atoms with Crippen LogP contribution in [0.15, 0.2) is 29.3 Å². The summed E-state index contributed by atoms with van der Waals surface area (Å²) in [4.78, 5) is 15.7. The maximum absolute atomic E-state index is 12.1. The largest absolute Gasteiger partial charge is 0.859 e. The van der Waals surface area contributed by atoms with Crippen molar-refractivity contribution in [2.24, 2.45) is 4.99 Å². The van der Waals surface area contributed by atoms with E-state index in [0.29, 0.717) is 17.0 Å². The Bertz CT molecular complexity index is 729. The number of carbonyl (C=O) groups excluding carboxylic acids is 1. The van der Waals surface area contributed by atoms with Gasteiger partial charge in [-0.05, 0) is 43.4 Å². The molecule has 7 heteroatoms. The van der Waals surface area contributed by atoms with Crippen LogP contribution in [0.3, 0.4) is 0 Å². The Kier molecular flexibility index (Phi) is 3.62. The molecule has 22 heavy (non-hydrogen) atoms. The normalized spacial score (nSPS) is 14.9. The molecule has 0 aliphatic heterocycles. The molecule has 114 valence electrons. The molecule has 1 saturated carbocycles. The first kappa shape index (κ1) is 14.2. The van der Waals surface area contributed by atoms with E-state index in [0.717, 1.165) is 18.5 Å². The van der Waals surface area contributed by atoms with E-state index in [-0.39, 0.29) is 17.8 Å². The second-order valence-electron chi connectivity index (χ2n) is 5.26. The van der Waals surface area contributed by atoms with Gasteiger partial charge in [0.15, 0.2) is 5.69 Å². The first-order valence-electron chi connectivity index (χ1n) is 7.08. The van der Waals surface area contributed by atoms with Gasteiger partial charge in [0.2, 0.25) is 0 Å². The van der Waals surface area contributed by atoms with Crippen LogP contribution in [0.4, 0.5) is 0 Å². The number of aromatic nitrogens is 3. The fourth-order valence-corrected chi connectivity index (χ4v) is 2.14. The van der Waals surface area contributed by atoms with Crippen LogP contribution in [-0.2, 0) is 0 Å². The lowest BCUT2D eigenvalue weighted by atomic mass is 10.2. The number of amides is 1. The molecule has 0 radical (unpaired) electrons. The zero-order valence-electron chi connectivity index (χ0n) is 12.4. The first-order chi connectivity index (χ1) is 10.6. The summed E-state index contributed by atoms with van der Waals surface area (Å²) < 4.78 is 1.58. The van der Waals surface area contributed by atoms with Gasteiger partial charge in [0.25, 0.3) is 5.91 Å². The summed E-state index contributed by atoms with van der Waals surface area (Å²) in [6, 6.07) is 7.14. The zero-order valence-corrected chi connectivity index (χ0v) is 12.4. The summed E-state index contributed by atoms with van der Waals surface area (Å²) in [5, 5.41) is 22.4. The predicted octanol–water partition coefficient (Wildman–Crippen LogP) is 0.205. The van der Waals surface area contributed by atoms with Gasteiger partial charge in [0.05, 0.1) is 11.4 Å². The van der Waals surface area contributed by atoms with E-state index in [9.17, 15) is 9.90 Å². The van der Waals surface area contributed by atoms with Crippen LogP contribution in [0.25, 0.3) is 5.69 Å². The van der Waals surface area contributed by atoms with E-state index in [1.54, 1.807) is 35.9 Å². The third-order valence-corrected chi connectivity index (χ3v) is 3.58. The van der Waals surface area contributed by atoms with Crippen molar-refractivity contribution in [2.75, 3.05) is 7.05 Å². The number of rotatable bonds is 4. The monoisotopic (exact) mass is 298 g/mol. The average Bonchev–Trinajstić information content (AvgIpc) is 3.26. The number of nitrogens with zero attached hydrogens (tertiary/aromatic N) is 4. The van der Waals surface area contributed by atoms with E-state index in [1.165, 1.54) is 7.05 Å². The molecule has 7 nitrogen and oxygen atoms in total. The Hall–Kier alpha value is -2.70. The predicted molar refractivity (Wildman–Crippen MR) is 79.0 cm³/mol. The lowest BCUT2D eigenvalue weighted by Gasteiger charge is -2.10. The number of carbonyl (C=O) groups is 1. The van der Waals surface area contributed by atoms with Crippen molar-refractivity contribution in [1.82, 2.24) is 20.3 Å². The maximum Gasteiger partial charge on any atom is 0.273 e. The SMILES string of the molecule is CN=C([O-])c1ccc(-n2nnc(C(=O)NC3CC3)c2C)cc1. The molecule has 0 unspecified atom stereocenters. The smallest absolute Gasteiger partial charge is 0.273 e. The molecule has 1 heterocycles. The average molecular weight is 298 g/mol. The van der Waals surface area contributed by atoms with E-state index in [1.807, 2.05) is 0 Å². The summed E-state index contributed by atoms with van der Waals surface area (Å²) in [6.45, 7) is 1.79. The van der Waals surface area contributed by atoms with Crippen molar-refractivity contribution in [3.8, 4) is 5.69 Å². The van der Waals surface area contributed by atoms with E-state index in [4.69, 9.17) is 0 Å². The Balaban J connectivity index is 1.85. The molecule has 1 N–H and O–H groups in total. The van der Waals surface area contributed by atoms with E-state index >= 15 is 0 Å². The summed E-state index contributed by atoms with van der Waals surface area (Å²) in [6.07, 6.45) is 2.05. The lowest BCUT2D eigenvalue weighted by Crippen LogP contribution is -2.26. The Labute approximate surface area is 127 Å². The van der Waals surface area contributed by atoms with Gasteiger partial charge in [-0.15, -0.1) is 5.10 Å². The van der Waals surface area contributed by atoms with Gasteiger partial charge in [-0.1, -0.05) is 17.3 Å². The van der Waals surface area contributed by atoms with Crippen LogP contribution in [0, 0.1) is 6.92 Å². The van der Waals surface area contributed by atoms with Crippen molar-refractivity contribution in [1.29, 1.82) is 0 Å². The molecule has 1 fully saturated rings. The Morgan fingerprint density at radius 3 is 2.64 bits per heavy atom. The number of aliphatic imine (C=N–C) groups is 1. The minimum Gasteiger partial charge on any atom is -0.859 e. The second-order valence-corrected chi connectivity index (χ2v) is 5.26. The van der Waals surface area contributed by atoms with Crippen LogP contribution >= 0.6 is 0 Å². The second kappa shape index (κ2) is 5.59. The molecule has 1 aliphatic carbocycles. The minimum atomic E-state index is -0.272. The van der Waals surface area contributed by atoms with E-state index < -0.39 is 0 Å². The van der Waals surface area contributed by atoms with Crippen molar-refractivity contribution >= 4 is 11.8 Å². The van der Waals surface area contributed by atoms with Crippen molar-refractivity contribution < 1.29 is 9.90 Å². The van der Waals surface area contributed by atoms with Gasteiger partial charge in [-0.3, -0.25) is 4.79 Å². The summed E-state index contributed by atoms with van der Waals surface area (Å²) in [7, 11) is 1.46. The molecule has 1 amide bonds. The molecule has 0 spiro atoms. The first-order valence-corrected chi connectivity index (χ1v) is 7.08. The molecule has 0 atom stereocenters. The van der Waals surface area contributed by atoms with Crippen LogP contribution < -0.4 is 10.4 Å². The molecule has 1 aromatic carbocycles. The highest BCUT2D eigenvalue weighted by molar-refractivity contribution is 5.93. The molecular weight excluding hydrogens is 282 g/mol. The number of nitrogens with one attached hydrogen (secondary N) is 1. The van der Waals surface area contributed by atoms with Gasteiger partial charge in [-0.25, -0.2) is 4.68 Å². The van der Waals surface area contributed by atoms with Crippen molar-refractivity contribution in [2.45, 2.75) is 25.8 Å². The fourth-order valence-electron chi connectivity index (χ4n) is 2.14. The third-order valence-electron chi connectivity index (χ3n) is 3.58.